The molecule has 2 amide bonds. The molecule has 0 radical (unpaired) electrons. The number of nitrogens with zero attached hydrogens (tertiary/aromatic N) is 3. The predicted octanol–water partition coefficient (Wildman–Crippen LogP) is 2.91. The van der Waals surface area contributed by atoms with Gasteiger partial charge in [-0.25, -0.2) is 15.2 Å². The molecule has 1 heterocycles. The molecule has 0 bridgehead atoms. The number of rotatable bonds is 8. The highest BCUT2D eigenvalue weighted by Gasteiger charge is 2.25. The van der Waals surface area contributed by atoms with Gasteiger partial charge in [-0.1, -0.05) is 44.9 Å². The van der Waals surface area contributed by atoms with Gasteiger partial charge >= 0.3 is 6.09 Å². The lowest BCUT2D eigenvalue weighted by Crippen LogP contribution is -2.25. The van der Waals surface area contributed by atoms with Crippen LogP contribution in [0.5, 0.6) is 0 Å². The molecule has 1 aliphatic rings. The summed E-state index contributed by atoms with van der Waals surface area (Å²) in [6, 6.07) is 0. The Morgan fingerprint density at radius 1 is 1.36 bits per heavy atom. The van der Waals surface area contributed by atoms with E-state index < -0.39 is 12.0 Å². The van der Waals surface area contributed by atoms with E-state index in [1.54, 1.807) is 5.48 Å². The van der Waals surface area contributed by atoms with Crippen molar-refractivity contribution in [2.75, 3.05) is 11.9 Å². The average molecular weight is 354 g/mol. The molecule has 0 spiro atoms. The third-order valence-electron chi connectivity index (χ3n) is 4.81. The zero-order valence-corrected chi connectivity index (χ0v) is 14.5. The maximum Gasteiger partial charge on any atom is 0.414 e. The number of nitrogens with one attached hydrogen (secondary N) is 1. The van der Waals surface area contributed by atoms with Gasteiger partial charge in [-0.2, -0.15) is 4.98 Å². The molecule has 0 aliphatic heterocycles. The van der Waals surface area contributed by atoms with E-state index in [0.29, 0.717) is 6.42 Å². The average Bonchev–Trinajstić information content (AvgIpc) is 3.10. The van der Waals surface area contributed by atoms with Gasteiger partial charge in [0.2, 0.25) is 11.8 Å². The Morgan fingerprint density at radius 3 is 2.72 bits per heavy atom. The zero-order chi connectivity index (χ0) is 18.2. The molecule has 1 atom stereocenters. The van der Waals surface area contributed by atoms with Crippen LogP contribution in [0.25, 0.3) is 0 Å². The van der Waals surface area contributed by atoms with E-state index in [4.69, 9.17) is 14.8 Å². The maximum atomic E-state index is 11.6. The van der Waals surface area contributed by atoms with Gasteiger partial charge in [-0.05, 0) is 17.5 Å². The first-order chi connectivity index (χ1) is 12.0. The lowest BCUT2D eigenvalue weighted by molar-refractivity contribution is -0.129. The molecule has 1 aromatic heterocycles. The Morgan fingerprint density at radius 2 is 2.08 bits per heavy atom. The molecular weight excluding hydrogens is 328 g/mol. The summed E-state index contributed by atoms with van der Waals surface area (Å²) in [5.41, 5.74) is 1.62. The van der Waals surface area contributed by atoms with Crippen LogP contribution in [0.15, 0.2) is 4.52 Å². The van der Waals surface area contributed by atoms with Crippen LogP contribution >= 0.6 is 0 Å². The molecule has 9 heteroatoms. The molecule has 2 rings (SSSR count). The van der Waals surface area contributed by atoms with Crippen molar-refractivity contribution in [1.29, 1.82) is 0 Å². The number of hydroxylamine groups is 1. The van der Waals surface area contributed by atoms with Crippen molar-refractivity contribution in [3.05, 3.63) is 5.89 Å². The van der Waals surface area contributed by atoms with Gasteiger partial charge in [-0.15, -0.1) is 0 Å². The first-order valence-corrected chi connectivity index (χ1v) is 8.74. The molecule has 1 fully saturated rings. The van der Waals surface area contributed by atoms with E-state index in [-0.39, 0.29) is 24.2 Å². The van der Waals surface area contributed by atoms with Gasteiger partial charge in [0, 0.05) is 19.4 Å². The van der Waals surface area contributed by atoms with Gasteiger partial charge in [0.15, 0.2) is 0 Å². The first-order valence-electron chi connectivity index (χ1n) is 8.74. The summed E-state index contributed by atoms with van der Waals surface area (Å²) in [4.78, 5) is 27.4. The summed E-state index contributed by atoms with van der Waals surface area (Å²) in [6.45, 7) is 0. The lowest BCUT2D eigenvalue weighted by atomic mass is 9.84. The Labute approximate surface area is 146 Å². The van der Waals surface area contributed by atoms with E-state index >= 15 is 0 Å². The van der Waals surface area contributed by atoms with Crippen LogP contribution in [0.1, 0.15) is 69.6 Å². The molecule has 0 unspecified atom stereocenters. The van der Waals surface area contributed by atoms with Crippen molar-refractivity contribution < 1.29 is 24.4 Å². The second-order valence-electron chi connectivity index (χ2n) is 6.65. The van der Waals surface area contributed by atoms with Crippen LogP contribution in [-0.2, 0) is 4.79 Å². The number of carbonyl (C=O) groups excluding carboxylic acids is 1. The SMILES string of the molecule is CN(C(=O)O)c1noc([C@H](CCCC2CCCCC2)CC(=O)NO)n1. The van der Waals surface area contributed by atoms with Gasteiger partial charge in [0.1, 0.15) is 0 Å². The van der Waals surface area contributed by atoms with Crippen molar-refractivity contribution in [2.24, 2.45) is 5.92 Å². The summed E-state index contributed by atoms with van der Waals surface area (Å²) in [5, 5.41) is 21.4. The van der Waals surface area contributed by atoms with Gasteiger partial charge in [0.05, 0.1) is 0 Å². The van der Waals surface area contributed by atoms with Crippen molar-refractivity contribution in [3.63, 3.8) is 0 Å². The number of carboxylic acid groups (broad SMARTS) is 1. The lowest BCUT2D eigenvalue weighted by Gasteiger charge is -2.22. The molecule has 1 saturated carbocycles. The van der Waals surface area contributed by atoms with Crippen LogP contribution in [-0.4, -0.2) is 39.5 Å². The van der Waals surface area contributed by atoms with Crippen molar-refractivity contribution >= 4 is 17.9 Å². The van der Waals surface area contributed by atoms with Crippen molar-refractivity contribution in [2.45, 2.75) is 63.7 Å². The number of carbonyl (C=O) groups is 2. The van der Waals surface area contributed by atoms with Crippen LogP contribution in [0.2, 0.25) is 0 Å². The number of amides is 2. The van der Waals surface area contributed by atoms with Gasteiger partial charge < -0.3 is 9.63 Å². The van der Waals surface area contributed by atoms with E-state index in [2.05, 4.69) is 10.1 Å². The topological polar surface area (TPSA) is 129 Å². The molecular formula is C16H26N4O5. The summed E-state index contributed by atoms with van der Waals surface area (Å²) in [7, 11) is 1.31. The zero-order valence-electron chi connectivity index (χ0n) is 14.5. The molecule has 0 aromatic carbocycles. The molecule has 0 saturated heterocycles. The fourth-order valence-electron chi connectivity index (χ4n) is 3.33. The Bertz CT molecular complexity index is 571. The van der Waals surface area contributed by atoms with Crippen LogP contribution in [0, 0.1) is 5.92 Å². The Balaban J connectivity index is 1.97. The second-order valence-corrected chi connectivity index (χ2v) is 6.65. The Hall–Kier alpha value is -2.16. The number of anilines is 1. The summed E-state index contributed by atoms with van der Waals surface area (Å²) < 4.78 is 5.16. The van der Waals surface area contributed by atoms with E-state index in [1.807, 2.05) is 0 Å². The fraction of sp³-hybridized carbons (Fsp3) is 0.750. The summed E-state index contributed by atoms with van der Waals surface area (Å²) >= 11 is 0. The summed E-state index contributed by atoms with van der Waals surface area (Å²) in [6.07, 6.45) is 7.90. The minimum atomic E-state index is -1.20. The highest BCUT2D eigenvalue weighted by atomic mass is 16.5. The quantitative estimate of drug-likeness (QED) is 0.483. The van der Waals surface area contributed by atoms with Crippen LogP contribution in [0.3, 0.4) is 0 Å². The van der Waals surface area contributed by atoms with Crippen molar-refractivity contribution in [1.82, 2.24) is 15.6 Å². The Kier molecular flexibility index (Phi) is 7.17. The molecule has 1 aliphatic carbocycles. The number of aromatic nitrogens is 2. The molecule has 9 nitrogen and oxygen atoms in total. The highest BCUT2D eigenvalue weighted by molar-refractivity contribution is 5.82. The largest absolute Gasteiger partial charge is 0.465 e. The third kappa shape index (κ3) is 5.70. The predicted molar refractivity (Wildman–Crippen MR) is 88.4 cm³/mol. The van der Waals surface area contributed by atoms with Crippen LogP contribution in [0.4, 0.5) is 10.7 Å². The summed E-state index contributed by atoms with van der Waals surface area (Å²) in [5.74, 6) is 0.00480. The molecule has 1 aromatic rings. The van der Waals surface area contributed by atoms with E-state index in [9.17, 15) is 9.59 Å². The van der Waals surface area contributed by atoms with Gasteiger partial charge in [-0.3, -0.25) is 10.0 Å². The number of hydrogen-bond donors (Lipinski definition) is 3. The normalized spacial score (nSPS) is 16.4. The first kappa shape index (κ1) is 19.2. The van der Waals surface area contributed by atoms with E-state index in [0.717, 1.165) is 23.7 Å². The standard InChI is InChI=1S/C16H26N4O5/c1-20(16(22)23)15-17-14(25-19-15)12(10-13(21)18-24)9-5-8-11-6-3-2-4-7-11/h11-12,24H,2-10H2,1H3,(H,18,21)(H,22,23)/t12-/m1/s1. The minimum absolute atomic E-state index is 0.0135. The monoisotopic (exact) mass is 354 g/mol. The van der Waals surface area contributed by atoms with Gasteiger partial charge in [0.25, 0.3) is 5.95 Å². The maximum absolute atomic E-state index is 11.6. The van der Waals surface area contributed by atoms with Crippen LogP contribution < -0.4 is 10.4 Å². The highest BCUT2D eigenvalue weighted by Crippen LogP contribution is 2.31. The second kappa shape index (κ2) is 9.36. The minimum Gasteiger partial charge on any atom is -0.465 e. The molecule has 3 N–H and O–H groups in total. The smallest absolute Gasteiger partial charge is 0.414 e. The van der Waals surface area contributed by atoms with E-state index in [1.165, 1.54) is 39.2 Å². The molecule has 25 heavy (non-hydrogen) atoms. The fourth-order valence-corrected chi connectivity index (χ4v) is 3.33. The van der Waals surface area contributed by atoms with Crippen molar-refractivity contribution in [3.8, 4) is 0 Å². The third-order valence-corrected chi connectivity index (χ3v) is 4.81. The molecule has 140 valence electrons. The number of hydrogen-bond acceptors (Lipinski definition) is 6.